The quantitative estimate of drug-likeness (QED) is 0.760. The fraction of sp³-hybridized carbons (Fsp3) is 0.316. The van der Waals surface area contributed by atoms with Gasteiger partial charge in [-0.05, 0) is 49.2 Å². The van der Waals surface area contributed by atoms with Gasteiger partial charge in [0.25, 0.3) is 15.9 Å². The molecule has 0 saturated heterocycles. The summed E-state index contributed by atoms with van der Waals surface area (Å²) < 4.78 is 27.9. The molecule has 2 aromatic rings. The summed E-state index contributed by atoms with van der Waals surface area (Å²) in [5.41, 5.74) is 1.58. The molecule has 0 radical (unpaired) electrons. The lowest BCUT2D eigenvalue weighted by Crippen LogP contribution is -2.28. The molecule has 140 valence electrons. The fourth-order valence-electron chi connectivity index (χ4n) is 2.46. The molecule has 0 aliphatic heterocycles. The smallest absolute Gasteiger partial charge is 0.261 e. The number of nitrogens with one attached hydrogen (secondary N) is 1. The van der Waals surface area contributed by atoms with Gasteiger partial charge in [0.1, 0.15) is 0 Å². The number of nitrogens with zero attached hydrogens (tertiary/aromatic N) is 1. The van der Waals surface area contributed by atoms with Crippen LogP contribution in [0, 0.1) is 6.92 Å². The summed E-state index contributed by atoms with van der Waals surface area (Å²) in [7, 11) is -2.14. The van der Waals surface area contributed by atoms with Crippen LogP contribution < -0.4 is 4.72 Å². The Morgan fingerprint density at radius 2 is 1.92 bits per heavy atom. The average molecular weight is 395 g/mol. The predicted octanol–water partition coefficient (Wildman–Crippen LogP) is 4.32. The van der Waals surface area contributed by atoms with Crippen molar-refractivity contribution in [3.8, 4) is 0 Å². The largest absolute Gasteiger partial charge is 0.342 e. The van der Waals surface area contributed by atoms with Crippen molar-refractivity contribution in [2.75, 3.05) is 18.3 Å². The van der Waals surface area contributed by atoms with E-state index in [0.29, 0.717) is 12.2 Å². The van der Waals surface area contributed by atoms with Gasteiger partial charge < -0.3 is 4.90 Å². The molecule has 0 aliphatic rings. The van der Waals surface area contributed by atoms with Gasteiger partial charge in [-0.2, -0.15) is 0 Å². The highest BCUT2D eigenvalue weighted by Crippen LogP contribution is 2.24. The lowest BCUT2D eigenvalue weighted by Gasteiger charge is -2.18. The van der Waals surface area contributed by atoms with E-state index in [2.05, 4.69) is 4.72 Å². The Labute approximate surface area is 160 Å². The Balaban J connectivity index is 2.31. The van der Waals surface area contributed by atoms with Crippen molar-refractivity contribution in [2.24, 2.45) is 0 Å². The van der Waals surface area contributed by atoms with E-state index in [4.69, 9.17) is 11.6 Å². The lowest BCUT2D eigenvalue weighted by atomic mass is 10.2. The van der Waals surface area contributed by atoms with Gasteiger partial charge in [0.05, 0.1) is 15.5 Å². The standard InChI is InChI=1S/C19H23ClN2O3S/c1-4-5-11-22(3)19(23)17-13-16(9-10-18(17)20)26(24,25)21-15-8-6-7-14(2)12-15/h6-10,12-13,21H,4-5,11H2,1-3H3. The molecular weight excluding hydrogens is 372 g/mol. The molecule has 1 amide bonds. The molecule has 0 spiro atoms. The van der Waals surface area contributed by atoms with E-state index in [0.717, 1.165) is 18.4 Å². The second-order valence-electron chi connectivity index (χ2n) is 6.20. The molecule has 0 atom stereocenters. The summed E-state index contributed by atoms with van der Waals surface area (Å²) >= 11 is 6.14. The van der Waals surface area contributed by atoms with Crippen LogP contribution in [0.15, 0.2) is 47.4 Å². The number of benzene rings is 2. The third-order valence-corrected chi connectivity index (χ3v) is 5.65. The van der Waals surface area contributed by atoms with Crippen molar-refractivity contribution in [1.82, 2.24) is 4.90 Å². The first kappa shape index (κ1) is 20.3. The average Bonchev–Trinajstić information content (AvgIpc) is 2.58. The van der Waals surface area contributed by atoms with Gasteiger partial charge in [-0.1, -0.05) is 37.1 Å². The molecule has 26 heavy (non-hydrogen) atoms. The number of sulfonamides is 1. The minimum Gasteiger partial charge on any atom is -0.342 e. The Kier molecular flexibility index (Phi) is 6.67. The molecule has 1 N–H and O–H groups in total. The highest BCUT2D eigenvalue weighted by molar-refractivity contribution is 7.92. The Bertz CT molecular complexity index is 897. The third kappa shape index (κ3) is 4.99. The molecule has 5 nitrogen and oxygen atoms in total. The van der Waals surface area contributed by atoms with E-state index in [9.17, 15) is 13.2 Å². The predicted molar refractivity (Wildman–Crippen MR) is 105 cm³/mol. The van der Waals surface area contributed by atoms with Crippen molar-refractivity contribution < 1.29 is 13.2 Å². The monoisotopic (exact) mass is 394 g/mol. The lowest BCUT2D eigenvalue weighted by molar-refractivity contribution is 0.0793. The van der Waals surface area contributed by atoms with E-state index in [-0.39, 0.29) is 21.4 Å². The second kappa shape index (κ2) is 8.56. The van der Waals surface area contributed by atoms with Gasteiger partial charge in [0, 0.05) is 19.3 Å². The number of aryl methyl sites for hydroxylation is 1. The highest BCUT2D eigenvalue weighted by Gasteiger charge is 2.20. The normalized spacial score (nSPS) is 11.2. The van der Waals surface area contributed by atoms with Crippen molar-refractivity contribution in [1.29, 1.82) is 0 Å². The Morgan fingerprint density at radius 1 is 1.19 bits per heavy atom. The zero-order valence-electron chi connectivity index (χ0n) is 15.1. The van der Waals surface area contributed by atoms with Crippen molar-refractivity contribution >= 4 is 33.2 Å². The van der Waals surface area contributed by atoms with Gasteiger partial charge in [0.15, 0.2) is 0 Å². The number of carbonyl (C=O) groups excluding carboxylic acids is 1. The molecule has 0 aromatic heterocycles. The fourth-order valence-corrected chi connectivity index (χ4v) is 3.73. The molecule has 0 aliphatic carbocycles. The van der Waals surface area contributed by atoms with Crippen molar-refractivity contribution in [2.45, 2.75) is 31.6 Å². The Morgan fingerprint density at radius 3 is 2.58 bits per heavy atom. The van der Waals surface area contributed by atoms with Gasteiger partial charge in [-0.3, -0.25) is 9.52 Å². The van der Waals surface area contributed by atoms with Crippen LogP contribution >= 0.6 is 11.6 Å². The number of anilines is 1. The first-order chi connectivity index (χ1) is 12.2. The number of hydrogen-bond acceptors (Lipinski definition) is 3. The number of halogens is 1. The SMILES string of the molecule is CCCCN(C)C(=O)c1cc(S(=O)(=O)Nc2cccc(C)c2)ccc1Cl. The van der Waals surface area contributed by atoms with E-state index >= 15 is 0 Å². The number of rotatable bonds is 7. The summed E-state index contributed by atoms with van der Waals surface area (Å²) in [4.78, 5) is 14.1. The maximum atomic E-state index is 12.7. The van der Waals surface area contributed by atoms with Crippen LogP contribution in [0.3, 0.4) is 0 Å². The summed E-state index contributed by atoms with van der Waals surface area (Å²) in [5.74, 6) is -0.295. The molecule has 0 saturated carbocycles. The first-order valence-electron chi connectivity index (χ1n) is 8.39. The summed E-state index contributed by atoms with van der Waals surface area (Å²) in [6.45, 7) is 4.50. The molecule has 2 aromatic carbocycles. The minimum absolute atomic E-state index is 0.00403. The highest BCUT2D eigenvalue weighted by atomic mass is 35.5. The van der Waals surface area contributed by atoms with Crippen LogP contribution in [0.4, 0.5) is 5.69 Å². The van der Waals surface area contributed by atoms with Crippen LogP contribution in [0.2, 0.25) is 5.02 Å². The summed E-state index contributed by atoms with van der Waals surface area (Å²) in [5, 5.41) is 0.229. The van der Waals surface area contributed by atoms with Crippen molar-refractivity contribution in [3.05, 3.63) is 58.6 Å². The molecular formula is C19H23ClN2O3S. The second-order valence-corrected chi connectivity index (χ2v) is 8.29. The van der Waals surface area contributed by atoms with E-state index in [1.807, 2.05) is 19.9 Å². The van der Waals surface area contributed by atoms with Crippen LogP contribution in [-0.2, 0) is 10.0 Å². The van der Waals surface area contributed by atoms with Gasteiger partial charge in [-0.25, -0.2) is 8.42 Å². The molecule has 0 heterocycles. The van der Waals surface area contributed by atoms with Gasteiger partial charge >= 0.3 is 0 Å². The molecule has 0 bridgehead atoms. The molecule has 7 heteroatoms. The topological polar surface area (TPSA) is 66.5 Å². The number of unbranched alkanes of at least 4 members (excludes halogenated alkanes) is 1. The first-order valence-corrected chi connectivity index (χ1v) is 10.2. The van der Waals surface area contributed by atoms with E-state index in [1.54, 1.807) is 30.1 Å². The van der Waals surface area contributed by atoms with Crippen molar-refractivity contribution in [3.63, 3.8) is 0 Å². The zero-order chi connectivity index (χ0) is 19.3. The summed E-state index contributed by atoms with van der Waals surface area (Å²) in [6, 6.07) is 11.2. The van der Waals surface area contributed by atoms with Crippen LogP contribution in [0.25, 0.3) is 0 Å². The minimum atomic E-state index is -3.82. The molecule has 0 fully saturated rings. The van der Waals surface area contributed by atoms with Gasteiger partial charge in [-0.15, -0.1) is 0 Å². The molecule has 0 unspecified atom stereocenters. The molecule has 2 rings (SSSR count). The maximum Gasteiger partial charge on any atom is 0.261 e. The summed E-state index contributed by atoms with van der Waals surface area (Å²) in [6.07, 6.45) is 1.83. The van der Waals surface area contributed by atoms with E-state index in [1.165, 1.54) is 18.2 Å². The van der Waals surface area contributed by atoms with E-state index < -0.39 is 10.0 Å². The third-order valence-electron chi connectivity index (χ3n) is 3.94. The van der Waals surface area contributed by atoms with Crippen LogP contribution in [-0.4, -0.2) is 32.8 Å². The number of amides is 1. The Hall–Kier alpha value is -2.05. The van der Waals surface area contributed by atoms with Crippen LogP contribution in [0.1, 0.15) is 35.7 Å². The number of carbonyl (C=O) groups is 1. The maximum absolute atomic E-state index is 12.7. The zero-order valence-corrected chi connectivity index (χ0v) is 16.7. The van der Waals surface area contributed by atoms with Crippen LogP contribution in [0.5, 0.6) is 0 Å². The number of hydrogen-bond donors (Lipinski definition) is 1. The van der Waals surface area contributed by atoms with Gasteiger partial charge in [0.2, 0.25) is 0 Å².